The molecule has 0 heterocycles. The number of carbonyl (C=O) groups is 1. The zero-order valence-corrected chi connectivity index (χ0v) is 22.9. The SMILES string of the molecule is O=C(c1ccccc1)c1ccc(Sc2ccc([S+](c3ccc(F)cc3)c3ccc(F)cc3)c(Cl)c2)c(Cl)c1. The van der Waals surface area contributed by atoms with Gasteiger partial charge in [0.25, 0.3) is 0 Å². The van der Waals surface area contributed by atoms with Crippen molar-refractivity contribution in [3.8, 4) is 0 Å². The summed E-state index contributed by atoms with van der Waals surface area (Å²) in [6.45, 7) is 0. The molecule has 0 radical (unpaired) electrons. The molecule has 38 heavy (non-hydrogen) atoms. The van der Waals surface area contributed by atoms with Gasteiger partial charge in [-0.15, -0.1) is 0 Å². The van der Waals surface area contributed by atoms with E-state index in [0.717, 1.165) is 24.5 Å². The van der Waals surface area contributed by atoms with Crippen molar-refractivity contribution in [1.82, 2.24) is 0 Å². The van der Waals surface area contributed by atoms with Gasteiger partial charge in [0.2, 0.25) is 0 Å². The molecule has 0 aliphatic carbocycles. The van der Waals surface area contributed by atoms with Gasteiger partial charge in [-0.2, -0.15) is 0 Å². The lowest BCUT2D eigenvalue weighted by molar-refractivity contribution is 0.103. The number of ketones is 1. The third-order valence-corrected chi connectivity index (χ3v) is 9.88. The maximum Gasteiger partial charge on any atom is 0.193 e. The van der Waals surface area contributed by atoms with Crippen molar-refractivity contribution in [2.24, 2.45) is 0 Å². The average Bonchev–Trinajstić information content (AvgIpc) is 2.93. The van der Waals surface area contributed by atoms with Crippen molar-refractivity contribution in [1.29, 1.82) is 0 Å². The van der Waals surface area contributed by atoms with Crippen molar-refractivity contribution in [3.63, 3.8) is 0 Å². The van der Waals surface area contributed by atoms with Crippen LogP contribution in [0.4, 0.5) is 8.78 Å². The molecule has 7 heteroatoms. The normalized spacial score (nSPS) is 11.1. The van der Waals surface area contributed by atoms with Crippen LogP contribution in [0.5, 0.6) is 0 Å². The molecule has 0 spiro atoms. The van der Waals surface area contributed by atoms with E-state index in [1.54, 1.807) is 48.5 Å². The molecule has 0 atom stereocenters. The molecule has 0 N–H and O–H groups in total. The lowest BCUT2D eigenvalue weighted by atomic mass is 10.0. The lowest BCUT2D eigenvalue weighted by Crippen LogP contribution is -2.06. The van der Waals surface area contributed by atoms with Crippen LogP contribution in [0, 0.1) is 11.6 Å². The smallest absolute Gasteiger partial charge is 0.193 e. The molecule has 188 valence electrons. The second-order valence-corrected chi connectivity index (χ2v) is 12.2. The first kappa shape index (κ1) is 26.5. The summed E-state index contributed by atoms with van der Waals surface area (Å²) in [5.74, 6) is -0.754. The minimum Gasteiger partial charge on any atom is -0.289 e. The molecular weight excluding hydrogens is 561 g/mol. The summed E-state index contributed by atoms with van der Waals surface area (Å²) in [5.41, 5.74) is 1.12. The maximum absolute atomic E-state index is 13.6. The van der Waals surface area contributed by atoms with Gasteiger partial charge in [0.15, 0.2) is 20.5 Å². The quantitative estimate of drug-likeness (QED) is 0.141. The predicted molar refractivity (Wildman–Crippen MR) is 152 cm³/mol. The summed E-state index contributed by atoms with van der Waals surface area (Å²) in [5, 5.41) is 0.994. The van der Waals surface area contributed by atoms with Gasteiger partial charge < -0.3 is 0 Å². The largest absolute Gasteiger partial charge is 0.289 e. The minimum absolute atomic E-state index is 0.0925. The van der Waals surface area contributed by atoms with Gasteiger partial charge in [-0.1, -0.05) is 65.3 Å². The number of halogens is 4. The van der Waals surface area contributed by atoms with E-state index in [0.29, 0.717) is 21.2 Å². The van der Waals surface area contributed by atoms with E-state index in [-0.39, 0.29) is 17.4 Å². The summed E-state index contributed by atoms with van der Waals surface area (Å²) < 4.78 is 27.3. The molecule has 5 aromatic rings. The van der Waals surface area contributed by atoms with Crippen LogP contribution < -0.4 is 0 Å². The predicted octanol–water partition coefficient (Wildman–Crippen LogP) is 9.75. The van der Waals surface area contributed by atoms with Gasteiger partial charge in [0.1, 0.15) is 22.5 Å². The van der Waals surface area contributed by atoms with E-state index < -0.39 is 10.9 Å². The molecule has 0 aliphatic heterocycles. The van der Waals surface area contributed by atoms with Gasteiger partial charge in [-0.05, 0) is 84.9 Å². The molecule has 5 rings (SSSR count). The molecule has 0 aromatic heterocycles. The van der Waals surface area contributed by atoms with Crippen molar-refractivity contribution in [3.05, 3.63) is 148 Å². The first-order valence-corrected chi connectivity index (χ1v) is 14.3. The number of hydrogen-bond acceptors (Lipinski definition) is 2. The highest BCUT2D eigenvalue weighted by atomic mass is 35.5. The molecule has 0 saturated carbocycles. The third kappa shape index (κ3) is 5.97. The second-order valence-electron chi connectivity index (χ2n) is 8.25. The highest BCUT2D eigenvalue weighted by molar-refractivity contribution is 7.99. The number of carbonyl (C=O) groups excluding carboxylic acids is 1. The molecule has 5 aromatic carbocycles. The Bertz CT molecular complexity index is 1550. The lowest BCUT2D eigenvalue weighted by Gasteiger charge is -2.11. The molecule has 0 fully saturated rings. The van der Waals surface area contributed by atoms with E-state index >= 15 is 0 Å². The summed E-state index contributed by atoms with van der Waals surface area (Å²) in [4.78, 5) is 17.0. The molecular formula is C31H19Cl2F2OS2+. The molecule has 0 amide bonds. The second kappa shape index (κ2) is 11.7. The van der Waals surface area contributed by atoms with Crippen LogP contribution in [0.3, 0.4) is 0 Å². The summed E-state index contributed by atoms with van der Waals surface area (Å²) in [6.07, 6.45) is 0. The Hall–Kier alpha value is -3.09. The fourth-order valence-electron chi connectivity index (χ4n) is 3.85. The van der Waals surface area contributed by atoms with E-state index in [1.807, 2.05) is 42.5 Å². The van der Waals surface area contributed by atoms with Crippen molar-refractivity contribution >= 4 is 51.6 Å². The Kier molecular flexibility index (Phi) is 8.20. The topological polar surface area (TPSA) is 17.1 Å². The molecule has 1 nitrogen and oxygen atoms in total. The van der Waals surface area contributed by atoms with E-state index in [4.69, 9.17) is 23.2 Å². The van der Waals surface area contributed by atoms with Crippen LogP contribution in [-0.4, -0.2) is 5.78 Å². The third-order valence-electron chi connectivity index (χ3n) is 5.68. The number of hydrogen-bond donors (Lipinski definition) is 0. The fraction of sp³-hybridized carbons (Fsp3) is 0. The van der Waals surface area contributed by atoms with Crippen molar-refractivity contribution in [2.75, 3.05) is 0 Å². The Labute approximate surface area is 236 Å². The maximum atomic E-state index is 13.6. The summed E-state index contributed by atoms with van der Waals surface area (Å²) in [7, 11) is -0.667. The van der Waals surface area contributed by atoms with Gasteiger partial charge in [-0.3, -0.25) is 4.79 Å². The van der Waals surface area contributed by atoms with Gasteiger partial charge >= 0.3 is 0 Å². The minimum atomic E-state index is -0.667. The first-order valence-electron chi connectivity index (χ1n) is 11.5. The highest BCUT2D eigenvalue weighted by Crippen LogP contribution is 2.40. The van der Waals surface area contributed by atoms with E-state index in [1.165, 1.54) is 36.0 Å². The van der Waals surface area contributed by atoms with Crippen molar-refractivity contribution in [2.45, 2.75) is 24.5 Å². The summed E-state index contributed by atoms with van der Waals surface area (Å²) in [6, 6.07) is 32.6. The Balaban J connectivity index is 1.43. The zero-order valence-electron chi connectivity index (χ0n) is 19.7. The van der Waals surface area contributed by atoms with E-state index in [9.17, 15) is 13.6 Å². The van der Waals surface area contributed by atoms with Crippen LogP contribution in [0.15, 0.2) is 140 Å². The first-order chi connectivity index (χ1) is 18.4. The summed E-state index contributed by atoms with van der Waals surface area (Å²) >= 11 is 14.8. The Morgan fingerprint density at radius 3 is 1.79 bits per heavy atom. The zero-order chi connectivity index (χ0) is 26.6. The Morgan fingerprint density at radius 2 is 1.24 bits per heavy atom. The molecule has 0 bridgehead atoms. The van der Waals surface area contributed by atoms with Gasteiger partial charge in [0.05, 0.1) is 10.0 Å². The van der Waals surface area contributed by atoms with Crippen LogP contribution in [-0.2, 0) is 10.9 Å². The fourth-order valence-corrected chi connectivity index (χ4v) is 7.54. The van der Waals surface area contributed by atoms with Gasteiger partial charge in [0, 0.05) is 20.9 Å². The Morgan fingerprint density at radius 1 is 0.632 bits per heavy atom. The monoisotopic (exact) mass is 579 g/mol. The van der Waals surface area contributed by atoms with Crippen molar-refractivity contribution < 1.29 is 13.6 Å². The molecule has 0 aliphatic rings. The highest BCUT2D eigenvalue weighted by Gasteiger charge is 2.31. The standard InChI is InChI=1S/C31H19Cl2F2OS2/c32-27-18-21(31(36)20-4-2-1-3-5-20)6-16-29(27)37-24-11-17-30(28(33)19-24)38(25-12-7-22(34)8-13-25)26-14-9-23(35)10-15-26/h1-19H/q+1. The molecule has 0 saturated heterocycles. The van der Waals surface area contributed by atoms with Crippen LogP contribution >= 0.6 is 35.0 Å². The number of rotatable bonds is 7. The van der Waals surface area contributed by atoms with Gasteiger partial charge in [-0.25, -0.2) is 8.78 Å². The average molecular weight is 581 g/mol. The van der Waals surface area contributed by atoms with Crippen LogP contribution in [0.2, 0.25) is 10.0 Å². The van der Waals surface area contributed by atoms with Crippen LogP contribution in [0.25, 0.3) is 0 Å². The number of benzene rings is 5. The molecule has 0 unspecified atom stereocenters. The van der Waals surface area contributed by atoms with Crippen LogP contribution in [0.1, 0.15) is 15.9 Å². The van der Waals surface area contributed by atoms with E-state index in [2.05, 4.69) is 0 Å².